The lowest BCUT2D eigenvalue weighted by molar-refractivity contribution is -0.0249. The first kappa shape index (κ1) is 21.2. The summed E-state index contributed by atoms with van der Waals surface area (Å²) >= 11 is 0. The number of nitrogens with one attached hydrogen (secondary N) is 2. The van der Waals surface area contributed by atoms with Crippen LogP contribution in [0.1, 0.15) is 33.5 Å². The van der Waals surface area contributed by atoms with Gasteiger partial charge in [0, 0.05) is 29.6 Å². The molecule has 1 unspecified atom stereocenters. The summed E-state index contributed by atoms with van der Waals surface area (Å²) < 4.78 is 25.1. The maximum Gasteiger partial charge on any atom is 0.270 e. The quantitative estimate of drug-likeness (QED) is 0.464. The summed E-state index contributed by atoms with van der Waals surface area (Å²) in [5.41, 5.74) is 4.26. The molecular weight excluding hydrogens is 423 g/mol. The number of hydrogen-bond acceptors (Lipinski definition) is 4. The van der Waals surface area contributed by atoms with Crippen LogP contribution < -0.4 is 4.74 Å². The summed E-state index contributed by atoms with van der Waals surface area (Å²) in [6.07, 6.45) is 0.233. The van der Waals surface area contributed by atoms with E-state index in [1.54, 1.807) is 23.1 Å². The fraction of sp³-hybridized carbons (Fsp3) is 0.280. The third-order valence-corrected chi connectivity index (χ3v) is 5.91. The molecule has 1 atom stereocenters. The van der Waals surface area contributed by atoms with Crippen LogP contribution in [0.25, 0.3) is 10.9 Å². The van der Waals surface area contributed by atoms with Gasteiger partial charge in [-0.3, -0.25) is 9.89 Å². The molecule has 0 radical (unpaired) electrons. The predicted octanol–water partition coefficient (Wildman–Crippen LogP) is 4.17. The Kier molecular flexibility index (Phi) is 5.83. The van der Waals surface area contributed by atoms with Crippen LogP contribution in [-0.4, -0.2) is 52.3 Å². The zero-order valence-corrected chi connectivity index (χ0v) is 18.3. The van der Waals surface area contributed by atoms with Crippen LogP contribution in [0.2, 0.25) is 0 Å². The van der Waals surface area contributed by atoms with Crippen molar-refractivity contribution in [1.82, 2.24) is 20.1 Å². The minimum Gasteiger partial charge on any atom is -0.490 e. The summed E-state index contributed by atoms with van der Waals surface area (Å²) in [5.74, 6) is -0.199. The minimum absolute atomic E-state index is 0.0482. The molecule has 0 bridgehead atoms. The van der Waals surface area contributed by atoms with Gasteiger partial charge < -0.3 is 19.4 Å². The Morgan fingerprint density at radius 3 is 2.97 bits per heavy atom. The average molecular weight is 448 g/mol. The summed E-state index contributed by atoms with van der Waals surface area (Å²) in [7, 11) is 0. The molecule has 0 spiro atoms. The number of halogens is 1. The second-order valence-electron chi connectivity index (χ2n) is 8.18. The number of aromatic nitrogens is 3. The largest absolute Gasteiger partial charge is 0.490 e. The zero-order valence-electron chi connectivity index (χ0n) is 18.3. The Bertz CT molecular complexity index is 1280. The standard InChI is InChI=1S/C25H25FN4O3/c1-16-5-4-7-20-18(16)14-22(27-20)25(31)30-10-12-33-24(15-30)21-13-17(28-29-21)9-11-32-23-8-3-2-6-19(23)26/h2-8,13-14,24,27H,9-12,15H2,1H3,(H,28,29). The first-order valence-electron chi connectivity index (χ1n) is 11.0. The zero-order chi connectivity index (χ0) is 22.8. The van der Waals surface area contributed by atoms with E-state index in [4.69, 9.17) is 9.47 Å². The molecule has 8 heteroatoms. The topological polar surface area (TPSA) is 83.2 Å². The predicted molar refractivity (Wildman–Crippen MR) is 122 cm³/mol. The van der Waals surface area contributed by atoms with Crippen LogP contribution >= 0.6 is 0 Å². The molecule has 1 amide bonds. The molecule has 1 fully saturated rings. The number of H-pyrrole nitrogens is 2. The average Bonchev–Trinajstić information content (AvgIpc) is 3.48. The van der Waals surface area contributed by atoms with Crippen LogP contribution in [0.15, 0.2) is 54.6 Å². The number of carbonyl (C=O) groups is 1. The molecular formula is C25H25FN4O3. The number of amides is 1. The van der Waals surface area contributed by atoms with Gasteiger partial charge in [0.25, 0.3) is 5.91 Å². The highest BCUT2D eigenvalue weighted by atomic mass is 19.1. The van der Waals surface area contributed by atoms with Crippen LogP contribution in [0, 0.1) is 12.7 Å². The molecule has 33 heavy (non-hydrogen) atoms. The molecule has 1 saturated heterocycles. The van der Waals surface area contributed by atoms with Crippen molar-refractivity contribution < 1.29 is 18.7 Å². The van der Waals surface area contributed by atoms with E-state index in [0.29, 0.717) is 38.4 Å². The van der Waals surface area contributed by atoms with Gasteiger partial charge in [-0.25, -0.2) is 4.39 Å². The fourth-order valence-corrected chi connectivity index (χ4v) is 4.11. The number of carbonyl (C=O) groups excluding carboxylic acids is 1. The maximum atomic E-state index is 13.7. The molecule has 2 N–H and O–H groups in total. The SMILES string of the molecule is Cc1cccc2[nH]c(C(=O)N3CCOC(c4cc(CCOc5ccccc5F)[nH]n4)C3)cc12. The lowest BCUT2D eigenvalue weighted by Crippen LogP contribution is -2.42. The Hall–Kier alpha value is -3.65. The summed E-state index contributed by atoms with van der Waals surface area (Å²) in [5, 5.41) is 8.42. The van der Waals surface area contributed by atoms with Crippen molar-refractivity contribution in [1.29, 1.82) is 0 Å². The molecule has 5 rings (SSSR count). The Labute approximate surface area is 190 Å². The molecule has 7 nitrogen and oxygen atoms in total. The smallest absolute Gasteiger partial charge is 0.270 e. The Morgan fingerprint density at radius 2 is 2.12 bits per heavy atom. The molecule has 2 aromatic carbocycles. The molecule has 1 aliphatic rings. The highest BCUT2D eigenvalue weighted by Gasteiger charge is 2.28. The van der Waals surface area contributed by atoms with E-state index in [2.05, 4.69) is 15.2 Å². The third-order valence-electron chi connectivity index (χ3n) is 5.91. The van der Waals surface area contributed by atoms with Gasteiger partial charge in [-0.1, -0.05) is 24.3 Å². The van der Waals surface area contributed by atoms with E-state index < -0.39 is 0 Å². The molecule has 4 aromatic rings. The molecule has 1 aliphatic heterocycles. The second kappa shape index (κ2) is 9.07. The van der Waals surface area contributed by atoms with Crippen molar-refractivity contribution in [3.8, 4) is 5.75 Å². The monoisotopic (exact) mass is 448 g/mol. The molecule has 3 heterocycles. The van der Waals surface area contributed by atoms with Gasteiger partial charge >= 0.3 is 0 Å². The van der Waals surface area contributed by atoms with E-state index >= 15 is 0 Å². The summed E-state index contributed by atoms with van der Waals surface area (Å²) in [6.45, 7) is 3.74. The highest BCUT2D eigenvalue weighted by Crippen LogP contribution is 2.25. The second-order valence-corrected chi connectivity index (χ2v) is 8.18. The Morgan fingerprint density at radius 1 is 1.24 bits per heavy atom. The van der Waals surface area contributed by atoms with Crippen molar-refractivity contribution in [3.63, 3.8) is 0 Å². The number of morpholine rings is 1. The van der Waals surface area contributed by atoms with E-state index in [-0.39, 0.29) is 23.6 Å². The normalized spacial score (nSPS) is 16.3. The van der Waals surface area contributed by atoms with Crippen molar-refractivity contribution in [2.45, 2.75) is 19.4 Å². The van der Waals surface area contributed by atoms with E-state index in [1.165, 1.54) is 6.07 Å². The number of rotatable bonds is 6. The maximum absolute atomic E-state index is 13.7. The first-order valence-corrected chi connectivity index (χ1v) is 11.0. The number of fused-ring (bicyclic) bond motifs is 1. The van der Waals surface area contributed by atoms with E-state index in [9.17, 15) is 9.18 Å². The molecule has 0 saturated carbocycles. The van der Waals surface area contributed by atoms with Gasteiger partial charge in [-0.05, 0) is 42.8 Å². The third kappa shape index (κ3) is 4.47. The number of benzene rings is 2. The van der Waals surface area contributed by atoms with Gasteiger partial charge in [0.1, 0.15) is 11.8 Å². The van der Waals surface area contributed by atoms with E-state index in [1.807, 2.05) is 37.3 Å². The highest BCUT2D eigenvalue weighted by molar-refractivity contribution is 5.98. The van der Waals surface area contributed by atoms with Crippen molar-refractivity contribution in [3.05, 3.63) is 83.1 Å². The number of nitrogens with zero attached hydrogens (tertiary/aromatic N) is 2. The van der Waals surface area contributed by atoms with E-state index in [0.717, 1.165) is 27.9 Å². The minimum atomic E-state index is -0.381. The fourth-order valence-electron chi connectivity index (χ4n) is 4.11. The van der Waals surface area contributed by atoms with Crippen molar-refractivity contribution >= 4 is 16.8 Å². The Balaban J connectivity index is 1.21. The molecule has 0 aliphatic carbocycles. The number of ether oxygens (including phenoxy) is 2. The van der Waals surface area contributed by atoms with Gasteiger partial charge in [-0.2, -0.15) is 5.10 Å². The van der Waals surface area contributed by atoms with Crippen LogP contribution in [0.3, 0.4) is 0 Å². The van der Waals surface area contributed by atoms with Gasteiger partial charge in [0.15, 0.2) is 11.6 Å². The van der Waals surface area contributed by atoms with Crippen LogP contribution in [0.5, 0.6) is 5.75 Å². The summed E-state index contributed by atoms with van der Waals surface area (Å²) in [6, 6.07) is 16.1. The van der Waals surface area contributed by atoms with Gasteiger partial charge in [0.2, 0.25) is 0 Å². The number of para-hydroxylation sites is 1. The van der Waals surface area contributed by atoms with Crippen LogP contribution in [-0.2, 0) is 11.2 Å². The number of hydrogen-bond donors (Lipinski definition) is 2. The van der Waals surface area contributed by atoms with Crippen molar-refractivity contribution in [2.75, 3.05) is 26.3 Å². The molecule has 2 aromatic heterocycles. The summed E-state index contributed by atoms with van der Waals surface area (Å²) in [4.78, 5) is 18.2. The first-order chi connectivity index (χ1) is 16.1. The van der Waals surface area contributed by atoms with Crippen molar-refractivity contribution in [2.24, 2.45) is 0 Å². The lowest BCUT2D eigenvalue weighted by Gasteiger charge is -2.31. The lowest BCUT2D eigenvalue weighted by atomic mass is 10.1. The van der Waals surface area contributed by atoms with Crippen LogP contribution in [0.4, 0.5) is 4.39 Å². The number of aryl methyl sites for hydroxylation is 1. The van der Waals surface area contributed by atoms with Gasteiger partial charge in [-0.15, -0.1) is 0 Å². The number of aromatic amines is 2. The molecule has 170 valence electrons. The van der Waals surface area contributed by atoms with Gasteiger partial charge in [0.05, 0.1) is 25.5 Å².